The Morgan fingerprint density at radius 3 is 2.81 bits per heavy atom. The van der Waals surface area contributed by atoms with Crippen molar-refractivity contribution in [1.29, 1.82) is 0 Å². The van der Waals surface area contributed by atoms with Gasteiger partial charge in [0.25, 0.3) is 0 Å². The van der Waals surface area contributed by atoms with Crippen LogP contribution in [0.5, 0.6) is 0 Å². The number of rotatable bonds is 1. The largest absolute Gasteiger partial charge is 0.327 e. The van der Waals surface area contributed by atoms with E-state index in [1.54, 1.807) is 0 Å². The van der Waals surface area contributed by atoms with Crippen LogP contribution in [0.4, 0.5) is 0 Å². The summed E-state index contributed by atoms with van der Waals surface area (Å²) < 4.78 is 2.67. The summed E-state index contributed by atoms with van der Waals surface area (Å²) in [6, 6.07) is 1.43. The molecule has 4 heterocycles. The first-order valence-electron chi connectivity index (χ1n) is 8.61. The number of imidazole rings is 1. The second-order valence-electron chi connectivity index (χ2n) is 7.98. The van der Waals surface area contributed by atoms with Crippen molar-refractivity contribution in [1.82, 2.24) is 19.8 Å². The van der Waals surface area contributed by atoms with Gasteiger partial charge in [0.05, 0.1) is 11.7 Å². The maximum atomic E-state index is 5.06. The lowest BCUT2D eigenvalue weighted by Crippen LogP contribution is -2.32. The Morgan fingerprint density at radius 1 is 1.14 bits per heavy atom. The molecule has 0 spiro atoms. The van der Waals surface area contributed by atoms with Crippen LogP contribution in [0.2, 0.25) is 0 Å². The van der Waals surface area contributed by atoms with Crippen molar-refractivity contribution in [2.24, 2.45) is 0 Å². The Morgan fingerprint density at radius 2 is 2.00 bits per heavy atom. The topological polar surface area (TPSA) is 33.1 Å². The molecule has 1 aromatic rings. The molecule has 2 atom stereocenters. The molecule has 1 N–H and O–H groups in total. The van der Waals surface area contributed by atoms with E-state index in [0.717, 1.165) is 25.6 Å². The summed E-state index contributed by atoms with van der Waals surface area (Å²) >= 11 is 0. The van der Waals surface area contributed by atoms with E-state index < -0.39 is 0 Å². The molecular formula is C17H28N4. The first kappa shape index (κ1) is 13.8. The molecule has 0 aliphatic carbocycles. The molecule has 0 aromatic carbocycles. The van der Waals surface area contributed by atoms with Gasteiger partial charge in [0, 0.05) is 43.2 Å². The third kappa shape index (κ3) is 2.15. The SMILES string of the molecule is CC(C)(C)c1nc2c(n1C1CCN3CCCC13)CCNC2. The molecule has 1 aromatic heterocycles. The normalized spacial score (nSPS) is 29.7. The number of hydrogen-bond donors (Lipinski definition) is 1. The lowest BCUT2D eigenvalue weighted by atomic mass is 9.94. The zero-order valence-corrected chi connectivity index (χ0v) is 13.7. The zero-order chi connectivity index (χ0) is 14.6. The highest BCUT2D eigenvalue weighted by Gasteiger charge is 2.41. The van der Waals surface area contributed by atoms with Gasteiger partial charge < -0.3 is 9.88 Å². The molecule has 4 heteroatoms. The van der Waals surface area contributed by atoms with Crippen LogP contribution in [0, 0.1) is 0 Å². The first-order valence-corrected chi connectivity index (χ1v) is 8.61. The van der Waals surface area contributed by atoms with E-state index in [1.807, 2.05) is 0 Å². The van der Waals surface area contributed by atoms with Gasteiger partial charge in [0.2, 0.25) is 0 Å². The zero-order valence-electron chi connectivity index (χ0n) is 13.7. The van der Waals surface area contributed by atoms with Crippen molar-refractivity contribution in [3.8, 4) is 0 Å². The maximum Gasteiger partial charge on any atom is 0.114 e. The molecule has 4 rings (SSSR count). The third-order valence-electron chi connectivity index (χ3n) is 5.50. The van der Waals surface area contributed by atoms with Gasteiger partial charge in [-0.25, -0.2) is 4.98 Å². The van der Waals surface area contributed by atoms with Crippen molar-refractivity contribution < 1.29 is 0 Å². The van der Waals surface area contributed by atoms with Crippen LogP contribution < -0.4 is 5.32 Å². The average Bonchev–Trinajstić information content (AvgIpc) is 3.10. The van der Waals surface area contributed by atoms with Gasteiger partial charge in [-0.15, -0.1) is 0 Å². The fourth-order valence-corrected chi connectivity index (χ4v) is 4.58. The summed E-state index contributed by atoms with van der Waals surface area (Å²) in [4.78, 5) is 7.78. The molecule has 0 amide bonds. The molecule has 0 radical (unpaired) electrons. The van der Waals surface area contributed by atoms with Crippen molar-refractivity contribution in [3.63, 3.8) is 0 Å². The summed E-state index contributed by atoms with van der Waals surface area (Å²) in [5.74, 6) is 1.31. The van der Waals surface area contributed by atoms with E-state index in [4.69, 9.17) is 4.98 Å². The fourth-order valence-electron chi connectivity index (χ4n) is 4.58. The molecule has 4 nitrogen and oxygen atoms in total. The Bertz CT molecular complexity index is 540. The summed E-state index contributed by atoms with van der Waals surface area (Å²) in [6.45, 7) is 11.6. The van der Waals surface area contributed by atoms with Crippen LogP contribution in [0.3, 0.4) is 0 Å². The summed E-state index contributed by atoms with van der Waals surface area (Å²) in [6.07, 6.45) is 5.20. The Kier molecular flexibility index (Phi) is 3.16. The van der Waals surface area contributed by atoms with Gasteiger partial charge in [-0.05, 0) is 25.8 Å². The van der Waals surface area contributed by atoms with E-state index in [-0.39, 0.29) is 5.41 Å². The highest BCUT2D eigenvalue weighted by molar-refractivity contribution is 5.25. The Balaban J connectivity index is 1.81. The second kappa shape index (κ2) is 4.82. The summed E-state index contributed by atoms with van der Waals surface area (Å²) in [7, 11) is 0. The molecular weight excluding hydrogens is 260 g/mol. The molecule has 3 aliphatic heterocycles. The standard InChI is InChI=1S/C17H28N4/c1-17(2,3)16-19-12-11-18-8-6-13(12)21(16)15-7-10-20-9-4-5-14(15)20/h14-15,18H,4-11H2,1-3H3. The molecule has 0 saturated carbocycles. The molecule has 2 saturated heterocycles. The molecule has 116 valence electrons. The molecule has 2 fully saturated rings. The van der Waals surface area contributed by atoms with Gasteiger partial charge >= 0.3 is 0 Å². The predicted molar refractivity (Wildman–Crippen MR) is 84.6 cm³/mol. The molecule has 2 unspecified atom stereocenters. The van der Waals surface area contributed by atoms with Gasteiger partial charge in [-0.1, -0.05) is 20.8 Å². The van der Waals surface area contributed by atoms with E-state index in [0.29, 0.717) is 6.04 Å². The van der Waals surface area contributed by atoms with Gasteiger partial charge in [-0.2, -0.15) is 0 Å². The van der Waals surface area contributed by atoms with Crippen LogP contribution in [0.15, 0.2) is 0 Å². The van der Waals surface area contributed by atoms with E-state index in [1.165, 1.54) is 49.6 Å². The van der Waals surface area contributed by atoms with Crippen molar-refractivity contribution in [3.05, 3.63) is 17.2 Å². The third-order valence-corrected chi connectivity index (χ3v) is 5.50. The molecule has 21 heavy (non-hydrogen) atoms. The number of hydrogen-bond acceptors (Lipinski definition) is 3. The average molecular weight is 288 g/mol. The van der Waals surface area contributed by atoms with Gasteiger partial charge in [-0.3, -0.25) is 4.90 Å². The van der Waals surface area contributed by atoms with Crippen molar-refractivity contribution in [2.45, 2.75) is 70.5 Å². The highest BCUT2D eigenvalue weighted by Crippen LogP contribution is 2.40. The maximum absolute atomic E-state index is 5.06. The lowest BCUT2D eigenvalue weighted by molar-refractivity contribution is 0.280. The molecule has 0 bridgehead atoms. The summed E-state index contributed by atoms with van der Waals surface area (Å²) in [5.41, 5.74) is 2.96. The van der Waals surface area contributed by atoms with E-state index >= 15 is 0 Å². The van der Waals surface area contributed by atoms with Gasteiger partial charge in [0.1, 0.15) is 5.82 Å². The smallest absolute Gasteiger partial charge is 0.114 e. The quantitative estimate of drug-likeness (QED) is 0.860. The highest BCUT2D eigenvalue weighted by atomic mass is 15.3. The number of fused-ring (bicyclic) bond motifs is 2. The minimum Gasteiger partial charge on any atom is -0.327 e. The van der Waals surface area contributed by atoms with Crippen LogP contribution in [-0.2, 0) is 18.4 Å². The van der Waals surface area contributed by atoms with Crippen molar-refractivity contribution in [2.75, 3.05) is 19.6 Å². The number of aromatic nitrogens is 2. The van der Waals surface area contributed by atoms with E-state index in [9.17, 15) is 0 Å². The van der Waals surface area contributed by atoms with Crippen LogP contribution in [0.1, 0.15) is 63.3 Å². The fraction of sp³-hybridized carbons (Fsp3) is 0.824. The second-order valence-corrected chi connectivity index (χ2v) is 7.98. The minimum absolute atomic E-state index is 0.128. The van der Waals surface area contributed by atoms with E-state index in [2.05, 4.69) is 35.6 Å². The van der Waals surface area contributed by atoms with Gasteiger partial charge in [0.15, 0.2) is 0 Å². The first-order chi connectivity index (χ1) is 10.1. The summed E-state index contributed by atoms with van der Waals surface area (Å²) in [5, 5.41) is 3.48. The van der Waals surface area contributed by atoms with Crippen LogP contribution >= 0.6 is 0 Å². The van der Waals surface area contributed by atoms with Crippen LogP contribution in [0.25, 0.3) is 0 Å². The van der Waals surface area contributed by atoms with Crippen LogP contribution in [-0.4, -0.2) is 40.1 Å². The monoisotopic (exact) mass is 288 g/mol. The number of nitrogens with zero attached hydrogens (tertiary/aromatic N) is 3. The molecule has 3 aliphatic rings. The Labute approximate surface area is 127 Å². The Hall–Kier alpha value is -0.870. The number of nitrogens with one attached hydrogen (secondary N) is 1. The predicted octanol–water partition coefficient (Wildman–Crippen LogP) is 2.24. The minimum atomic E-state index is 0.128. The lowest BCUT2D eigenvalue weighted by Gasteiger charge is -2.29. The van der Waals surface area contributed by atoms with Crippen molar-refractivity contribution >= 4 is 0 Å².